The van der Waals surface area contributed by atoms with Crippen LogP contribution in [-0.2, 0) is 0 Å². The van der Waals surface area contributed by atoms with Gasteiger partial charge in [-0.15, -0.1) is 0 Å². The molecule has 0 aliphatic rings. The maximum Gasteiger partial charge on any atom is 0.178 e. The Labute approximate surface area is 117 Å². The van der Waals surface area contributed by atoms with E-state index in [2.05, 4.69) is 24.9 Å². The van der Waals surface area contributed by atoms with E-state index in [1.165, 1.54) is 0 Å². The van der Waals surface area contributed by atoms with Crippen molar-refractivity contribution in [2.45, 2.75) is 13.8 Å². The zero-order valence-electron chi connectivity index (χ0n) is 11.4. The first-order valence-electron chi connectivity index (χ1n) is 6.27. The first-order chi connectivity index (χ1) is 9.85. The van der Waals surface area contributed by atoms with Crippen molar-refractivity contribution in [1.82, 2.24) is 19.9 Å². The van der Waals surface area contributed by atoms with Gasteiger partial charge < -0.3 is 0 Å². The Morgan fingerprint density at radius 2 is 1.45 bits per heavy atom. The molecule has 0 aliphatic heterocycles. The third-order valence-corrected chi connectivity index (χ3v) is 2.43. The molecule has 0 amide bonds. The molecule has 0 atom stereocenters. The lowest BCUT2D eigenvalue weighted by Gasteiger charge is -2.03. The van der Waals surface area contributed by atoms with E-state index in [1.807, 2.05) is 32.1 Å². The lowest BCUT2D eigenvalue weighted by atomic mass is 10.3. The topological polar surface area (TPSA) is 63.9 Å². The Kier molecular flexibility index (Phi) is 4.83. The van der Waals surface area contributed by atoms with Crippen LogP contribution in [-0.4, -0.2) is 25.6 Å². The van der Waals surface area contributed by atoms with Crippen molar-refractivity contribution in [2.24, 2.45) is 4.99 Å². The minimum absolute atomic E-state index is 0.570. The van der Waals surface area contributed by atoms with Crippen LogP contribution in [0, 0.1) is 0 Å². The van der Waals surface area contributed by atoms with Crippen molar-refractivity contribution in [3.8, 4) is 0 Å². The van der Waals surface area contributed by atoms with Gasteiger partial charge in [-0.1, -0.05) is 12.2 Å². The quantitative estimate of drug-likeness (QED) is 0.797. The van der Waals surface area contributed by atoms with Crippen LogP contribution < -0.4 is 0 Å². The summed E-state index contributed by atoms with van der Waals surface area (Å²) in [6, 6.07) is 3.54. The molecule has 0 N–H and O–H groups in total. The maximum absolute atomic E-state index is 4.57. The van der Waals surface area contributed by atoms with Crippen LogP contribution >= 0.6 is 0 Å². The van der Waals surface area contributed by atoms with E-state index in [1.54, 1.807) is 36.9 Å². The lowest BCUT2D eigenvalue weighted by molar-refractivity contribution is 1.10. The van der Waals surface area contributed by atoms with Gasteiger partial charge in [-0.3, -0.25) is 0 Å². The van der Waals surface area contributed by atoms with Gasteiger partial charge in [0.25, 0.3) is 0 Å². The summed E-state index contributed by atoms with van der Waals surface area (Å²) in [6.07, 6.45) is 12.4. The first kappa shape index (κ1) is 13.7. The molecule has 0 bridgehead atoms. The number of hydrogen-bond acceptors (Lipinski definition) is 5. The number of aliphatic imine (C=N–C) groups is 1. The molecule has 5 nitrogen and oxygen atoms in total. The standard InChI is InChI=1S/C15H15N5/c1-3-7-13(15-18-10-6-11-19-15)20-12(4-2)14-16-8-5-9-17-14/h3-11H,1-2H3/b7-3-,12-4-,20-13+. The van der Waals surface area contributed by atoms with Gasteiger partial charge in [0, 0.05) is 24.8 Å². The van der Waals surface area contributed by atoms with E-state index in [0.29, 0.717) is 23.1 Å². The Bertz CT molecular complexity index is 630. The maximum atomic E-state index is 4.57. The molecule has 0 saturated heterocycles. The Hall–Kier alpha value is -2.69. The first-order valence-corrected chi connectivity index (χ1v) is 6.27. The van der Waals surface area contributed by atoms with Crippen molar-refractivity contribution in [1.29, 1.82) is 0 Å². The molecule has 2 aromatic heterocycles. The number of allylic oxidation sites excluding steroid dienone is 3. The van der Waals surface area contributed by atoms with Gasteiger partial charge in [-0.2, -0.15) is 0 Å². The SMILES string of the molecule is C\C=C/C(=N\C(=C/C)c1ncccn1)c1ncccn1. The third-order valence-electron chi connectivity index (χ3n) is 2.43. The van der Waals surface area contributed by atoms with Crippen LogP contribution in [0.15, 0.2) is 60.1 Å². The Balaban J connectivity index is 2.43. The summed E-state index contributed by atoms with van der Waals surface area (Å²) >= 11 is 0. The van der Waals surface area contributed by atoms with E-state index in [9.17, 15) is 0 Å². The number of aromatic nitrogens is 4. The second-order valence-electron chi connectivity index (χ2n) is 3.82. The fourth-order valence-electron chi connectivity index (χ4n) is 1.56. The smallest absolute Gasteiger partial charge is 0.178 e. The van der Waals surface area contributed by atoms with E-state index >= 15 is 0 Å². The molecule has 20 heavy (non-hydrogen) atoms. The highest BCUT2D eigenvalue weighted by atomic mass is 15.0. The molecule has 0 aromatic carbocycles. The molecule has 2 aromatic rings. The predicted octanol–water partition coefficient (Wildman–Crippen LogP) is 2.69. The average molecular weight is 265 g/mol. The largest absolute Gasteiger partial charge is 0.241 e. The summed E-state index contributed by atoms with van der Waals surface area (Å²) in [5, 5.41) is 0. The summed E-state index contributed by atoms with van der Waals surface area (Å²) < 4.78 is 0. The van der Waals surface area contributed by atoms with Gasteiger partial charge >= 0.3 is 0 Å². The summed E-state index contributed by atoms with van der Waals surface area (Å²) in [5.41, 5.74) is 1.36. The second kappa shape index (κ2) is 7.04. The Morgan fingerprint density at radius 3 is 1.95 bits per heavy atom. The zero-order valence-corrected chi connectivity index (χ0v) is 11.4. The summed E-state index contributed by atoms with van der Waals surface area (Å²) in [6.45, 7) is 3.82. The highest BCUT2D eigenvalue weighted by molar-refractivity contribution is 6.08. The molecule has 0 radical (unpaired) electrons. The number of nitrogens with zero attached hydrogens (tertiary/aromatic N) is 5. The van der Waals surface area contributed by atoms with Gasteiger partial charge in [0.2, 0.25) is 0 Å². The summed E-state index contributed by atoms with van der Waals surface area (Å²) in [5.74, 6) is 1.15. The molecule has 100 valence electrons. The predicted molar refractivity (Wildman–Crippen MR) is 79.1 cm³/mol. The highest BCUT2D eigenvalue weighted by Gasteiger charge is 2.06. The summed E-state index contributed by atoms with van der Waals surface area (Å²) in [4.78, 5) is 21.4. The minimum atomic E-state index is 0.570. The van der Waals surface area contributed by atoms with E-state index in [4.69, 9.17) is 0 Å². The number of hydrogen-bond donors (Lipinski definition) is 0. The normalized spacial score (nSPS) is 12.9. The van der Waals surface area contributed by atoms with Gasteiger partial charge in [0.1, 0.15) is 11.4 Å². The van der Waals surface area contributed by atoms with Gasteiger partial charge in [-0.05, 0) is 32.1 Å². The molecule has 5 heteroatoms. The van der Waals surface area contributed by atoms with Crippen LogP contribution in [0.2, 0.25) is 0 Å². The molecule has 0 aliphatic carbocycles. The van der Waals surface area contributed by atoms with Crippen LogP contribution in [0.25, 0.3) is 5.70 Å². The second-order valence-corrected chi connectivity index (χ2v) is 3.82. The molecule has 2 rings (SSSR count). The minimum Gasteiger partial charge on any atom is -0.241 e. The molecule has 0 saturated carbocycles. The highest BCUT2D eigenvalue weighted by Crippen LogP contribution is 2.12. The van der Waals surface area contributed by atoms with Crippen LogP contribution in [0.1, 0.15) is 25.5 Å². The fraction of sp³-hybridized carbons (Fsp3) is 0.133. The molecule has 0 fully saturated rings. The van der Waals surface area contributed by atoms with Crippen LogP contribution in [0.3, 0.4) is 0 Å². The average Bonchev–Trinajstić information content (AvgIpc) is 2.53. The van der Waals surface area contributed by atoms with Crippen molar-refractivity contribution in [2.75, 3.05) is 0 Å². The molecule has 0 spiro atoms. The molecule has 2 heterocycles. The molecular formula is C15H15N5. The van der Waals surface area contributed by atoms with Crippen molar-refractivity contribution in [3.05, 3.63) is 66.8 Å². The van der Waals surface area contributed by atoms with Crippen LogP contribution in [0.4, 0.5) is 0 Å². The monoisotopic (exact) mass is 265 g/mol. The van der Waals surface area contributed by atoms with Gasteiger partial charge in [0.05, 0.1) is 0 Å². The Morgan fingerprint density at radius 1 is 0.900 bits per heavy atom. The third kappa shape index (κ3) is 3.41. The van der Waals surface area contributed by atoms with Crippen LogP contribution in [0.5, 0.6) is 0 Å². The van der Waals surface area contributed by atoms with Gasteiger partial charge in [-0.25, -0.2) is 24.9 Å². The van der Waals surface area contributed by atoms with Crippen molar-refractivity contribution in [3.63, 3.8) is 0 Å². The summed E-state index contributed by atoms with van der Waals surface area (Å²) in [7, 11) is 0. The van der Waals surface area contributed by atoms with E-state index in [0.717, 1.165) is 0 Å². The van der Waals surface area contributed by atoms with Crippen molar-refractivity contribution >= 4 is 11.4 Å². The number of rotatable bonds is 4. The zero-order chi connectivity index (χ0) is 14.2. The van der Waals surface area contributed by atoms with Crippen molar-refractivity contribution < 1.29 is 0 Å². The fourth-order valence-corrected chi connectivity index (χ4v) is 1.56. The van der Waals surface area contributed by atoms with E-state index in [-0.39, 0.29) is 0 Å². The molecule has 0 unspecified atom stereocenters. The lowest BCUT2D eigenvalue weighted by Crippen LogP contribution is -2.04. The van der Waals surface area contributed by atoms with E-state index < -0.39 is 0 Å². The molecular weight excluding hydrogens is 250 g/mol. The van der Waals surface area contributed by atoms with Gasteiger partial charge in [0.15, 0.2) is 11.6 Å².